The second kappa shape index (κ2) is 4.72. The molecule has 4 heteroatoms. The second-order valence-corrected chi connectivity index (χ2v) is 2.93. The number of benzene rings is 1. The van der Waals surface area contributed by atoms with E-state index in [9.17, 15) is 9.18 Å². The number of carboxylic acids is 1. The van der Waals surface area contributed by atoms with Crippen LogP contribution in [0.5, 0.6) is 0 Å². The minimum Gasteiger partial charge on any atom is -0.478 e. The van der Waals surface area contributed by atoms with Crippen molar-refractivity contribution >= 4 is 5.97 Å². The molecule has 0 saturated carbocycles. The van der Waals surface area contributed by atoms with Crippen LogP contribution in [0.1, 0.15) is 21.5 Å². The second-order valence-electron chi connectivity index (χ2n) is 2.93. The molecule has 0 aliphatic carbocycles. The first kappa shape index (κ1) is 10.7. The molecule has 3 N–H and O–H groups in total. The van der Waals surface area contributed by atoms with Gasteiger partial charge in [-0.25, -0.2) is 4.79 Å². The van der Waals surface area contributed by atoms with Crippen molar-refractivity contribution in [3.63, 3.8) is 0 Å². The van der Waals surface area contributed by atoms with Crippen molar-refractivity contribution in [3.8, 4) is 0 Å². The van der Waals surface area contributed by atoms with Gasteiger partial charge in [0.05, 0.1) is 12.2 Å². The fourth-order valence-electron chi connectivity index (χ4n) is 1.29. The molecule has 0 atom stereocenters. The third kappa shape index (κ3) is 2.29. The number of aryl methyl sites for hydroxylation is 1. The van der Waals surface area contributed by atoms with E-state index < -0.39 is 12.6 Å². The van der Waals surface area contributed by atoms with Gasteiger partial charge in [-0.15, -0.1) is 0 Å². The van der Waals surface area contributed by atoms with Crippen LogP contribution in [0, 0.1) is 0 Å². The first-order valence-corrected chi connectivity index (χ1v) is 4.30. The van der Waals surface area contributed by atoms with Gasteiger partial charge in [0.15, 0.2) is 0 Å². The minimum absolute atomic E-state index is 0.188. The number of halogens is 1. The molecule has 0 aliphatic heterocycles. The van der Waals surface area contributed by atoms with E-state index in [0.29, 0.717) is 5.56 Å². The monoisotopic (exact) mass is 197 g/mol. The summed E-state index contributed by atoms with van der Waals surface area (Å²) in [6, 6.07) is 4.57. The van der Waals surface area contributed by atoms with Crippen molar-refractivity contribution in [2.24, 2.45) is 5.73 Å². The summed E-state index contributed by atoms with van der Waals surface area (Å²) in [4.78, 5) is 10.6. The third-order valence-electron chi connectivity index (χ3n) is 2.04. The summed E-state index contributed by atoms with van der Waals surface area (Å²) in [5.41, 5.74) is 7.10. The van der Waals surface area contributed by atoms with Gasteiger partial charge in [-0.1, -0.05) is 6.07 Å². The van der Waals surface area contributed by atoms with Crippen molar-refractivity contribution in [3.05, 3.63) is 34.9 Å². The number of hydrogen-bond acceptors (Lipinski definition) is 2. The van der Waals surface area contributed by atoms with Gasteiger partial charge < -0.3 is 10.8 Å². The highest BCUT2D eigenvalue weighted by atomic mass is 19.1. The van der Waals surface area contributed by atoms with E-state index in [1.165, 1.54) is 12.1 Å². The van der Waals surface area contributed by atoms with E-state index in [2.05, 4.69) is 0 Å². The third-order valence-corrected chi connectivity index (χ3v) is 2.04. The van der Waals surface area contributed by atoms with Crippen molar-refractivity contribution in [1.29, 1.82) is 0 Å². The van der Waals surface area contributed by atoms with Crippen LogP contribution in [-0.2, 0) is 13.0 Å². The summed E-state index contributed by atoms with van der Waals surface area (Å²) in [6.07, 6.45) is 0.284. The number of hydrogen-bond donors (Lipinski definition) is 2. The molecule has 0 spiro atoms. The molecule has 1 rings (SSSR count). The van der Waals surface area contributed by atoms with Crippen molar-refractivity contribution in [1.82, 2.24) is 0 Å². The fourth-order valence-corrected chi connectivity index (χ4v) is 1.29. The lowest BCUT2D eigenvalue weighted by molar-refractivity contribution is 0.0697. The number of aromatic carboxylic acids is 1. The van der Waals surface area contributed by atoms with E-state index in [0.717, 1.165) is 5.56 Å². The lowest BCUT2D eigenvalue weighted by Crippen LogP contribution is -2.05. The van der Waals surface area contributed by atoms with Crippen LogP contribution in [0.25, 0.3) is 0 Å². The van der Waals surface area contributed by atoms with E-state index >= 15 is 0 Å². The molecular weight excluding hydrogens is 185 g/mol. The lowest BCUT2D eigenvalue weighted by Gasteiger charge is -2.06. The van der Waals surface area contributed by atoms with Gasteiger partial charge in [-0.2, -0.15) is 0 Å². The fraction of sp³-hybridized carbons (Fsp3) is 0.300. The Hall–Kier alpha value is -1.42. The Bertz CT molecular complexity index is 339. The zero-order chi connectivity index (χ0) is 10.6. The van der Waals surface area contributed by atoms with E-state index in [1.54, 1.807) is 6.07 Å². The molecule has 0 unspecified atom stereocenters. The molecule has 0 saturated heterocycles. The summed E-state index contributed by atoms with van der Waals surface area (Å²) >= 11 is 0. The van der Waals surface area contributed by atoms with Gasteiger partial charge in [0.25, 0.3) is 0 Å². The van der Waals surface area contributed by atoms with Gasteiger partial charge in [-0.3, -0.25) is 4.39 Å². The Balaban J connectivity index is 3.04. The predicted octanol–water partition coefficient (Wildman–Crippen LogP) is 1.36. The molecule has 0 bridgehead atoms. The topological polar surface area (TPSA) is 63.3 Å². The normalized spacial score (nSPS) is 10.1. The summed E-state index contributed by atoms with van der Waals surface area (Å²) in [7, 11) is 0. The first-order valence-electron chi connectivity index (χ1n) is 4.30. The van der Waals surface area contributed by atoms with Crippen LogP contribution < -0.4 is 5.73 Å². The molecule has 0 aromatic heterocycles. The lowest BCUT2D eigenvalue weighted by atomic mass is 10.0. The Morgan fingerprint density at radius 2 is 2.14 bits per heavy atom. The number of nitrogens with two attached hydrogens (primary N) is 1. The molecule has 0 fully saturated rings. The molecule has 14 heavy (non-hydrogen) atoms. The van der Waals surface area contributed by atoms with Crippen LogP contribution in [0.15, 0.2) is 18.2 Å². The average molecular weight is 197 g/mol. The molecule has 0 radical (unpaired) electrons. The first-order chi connectivity index (χ1) is 6.69. The highest BCUT2D eigenvalue weighted by molar-refractivity contribution is 5.87. The van der Waals surface area contributed by atoms with Gasteiger partial charge >= 0.3 is 5.97 Å². The average Bonchev–Trinajstić information content (AvgIpc) is 2.18. The Morgan fingerprint density at radius 3 is 2.64 bits per heavy atom. The predicted molar refractivity (Wildman–Crippen MR) is 51.0 cm³/mol. The highest BCUT2D eigenvalue weighted by Gasteiger charge is 2.06. The molecular formula is C10H12FNO2. The number of carboxylic acid groups (broad SMARTS) is 1. The van der Waals surface area contributed by atoms with Gasteiger partial charge in [0.1, 0.15) is 0 Å². The zero-order valence-electron chi connectivity index (χ0n) is 7.66. The number of rotatable bonds is 4. The van der Waals surface area contributed by atoms with Gasteiger partial charge in [-0.05, 0) is 23.3 Å². The van der Waals surface area contributed by atoms with Crippen LogP contribution in [0.4, 0.5) is 4.39 Å². The van der Waals surface area contributed by atoms with E-state index in [-0.39, 0.29) is 18.5 Å². The Morgan fingerprint density at radius 1 is 1.43 bits per heavy atom. The van der Waals surface area contributed by atoms with Crippen molar-refractivity contribution in [2.75, 3.05) is 6.67 Å². The molecule has 76 valence electrons. The van der Waals surface area contributed by atoms with Gasteiger partial charge in [0.2, 0.25) is 0 Å². The molecule has 0 aliphatic rings. The van der Waals surface area contributed by atoms with Crippen LogP contribution in [-0.4, -0.2) is 17.8 Å². The van der Waals surface area contributed by atoms with Crippen molar-refractivity contribution in [2.45, 2.75) is 13.0 Å². The summed E-state index contributed by atoms with van der Waals surface area (Å²) in [5, 5.41) is 8.71. The molecule has 0 heterocycles. The minimum atomic E-state index is -0.994. The zero-order valence-corrected chi connectivity index (χ0v) is 7.66. The van der Waals surface area contributed by atoms with E-state index in [4.69, 9.17) is 10.8 Å². The standard InChI is InChI=1S/C10H12FNO2/c11-4-3-7-1-2-8(10(13)14)5-9(7)6-12/h1-2,5H,3-4,6,12H2,(H,13,14). The molecule has 1 aromatic carbocycles. The van der Waals surface area contributed by atoms with Crippen molar-refractivity contribution < 1.29 is 14.3 Å². The maximum atomic E-state index is 12.1. The Labute approximate surface area is 81.4 Å². The summed E-state index contributed by atoms with van der Waals surface area (Å²) in [5.74, 6) is -0.994. The quantitative estimate of drug-likeness (QED) is 0.765. The molecule has 3 nitrogen and oxygen atoms in total. The highest BCUT2D eigenvalue weighted by Crippen LogP contribution is 2.12. The molecule has 0 amide bonds. The van der Waals surface area contributed by atoms with Crippen LogP contribution in [0.2, 0.25) is 0 Å². The van der Waals surface area contributed by atoms with Crippen LogP contribution in [0.3, 0.4) is 0 Å². The maximum Gasteiger partial charge on any atom is 0.335 e. The summed E-state index contributed by atoms with van der Waals surface area (Å²) in [6.45, 7) is -0.226. The van der Waals surface area contributed by atoms with Gasteiger partial charge in [0, 0.05) is 13.0 Å². The number of alkyl halides is 1. The largest absolute Gasteiger partial charge is 0.478 e. The number of carbonyl (C=O) groups is 1. The maximum absolute atomic E-state index is 12.1. The Kier molecular flexibility index (Phi) is 3.59. The van der Waals surface area contributed by atoms with E-state index in [1.807, 2.05) is 0 Å². The van der Waals surface area contributed by atoms with Crippen LogP contribution >= 0.6 is 0 Å². The molecule has 1 aromatic rings. The summed E-state index contributed by atoms with van der Waals surface area (Å²) < 4.78 is 12.1. The SMILES string of the molecule is NCc1cc(C(=O)O)ccc1CCF. The smallest absolute Gasteiger partial charge is 0.335 e.